The predicted molar refractivity (Wildman–Crippen MR) is 67.8 cm³/mol. The lowest BCUT2D eigenvalue weighted by Gasteiger charge is -2.05. The first-order chi connectivity index (χ1) is 8.59. The fourth-order valence-corrected chi connectivity index (χ4v) is 2.56. The Morgan fingerprint density at radius 2 is 2.17 bits per heavy atom. The van der Waals surface area contributed by atoms with Gasteiger partial charge < -0.3 is 10.2 Å². The molecule has 0 unspecified atom stereocenters. The Bertz CT molecular complexity index is 580. The smallest absolute Gasteiger partial charge is 0.339 e. The maximum absolute atomic E-state index is 11.0. The Morgan fingerprint density at radius 3 is 2.83 bits per heavy atom. The van der Waals surface area contributed by atoms with Crippen LogP contribution in [0, 0.1) is 0 Å². The van der Waals surface area contributed by atoms with Crippen LogP contribution in [-0.2, 0) is 12.8 Å². The second-order valence-electron chi connectivity index (χ2n) is 3.69. The molecule has 0 radical (unpaired) electrons. The molecule has 1 aromatic heterocycles. The van der Waals surface area contributed by atoms with Crippen molar-refractivity contribution in [1.29, 1.82) is 0 Å². The molecular formula is C12H12N2O3S. The van der Waals surface area contributed by atoms with E-state index in [1.54, 1.807) is 25.2 Å². The minimum Gasteiger partial charge on any atom is -0.507 e. The van der Waals surface area contributed by atoms with Crippen LogP contribution >= 0.6 is 11.8 Å². The third-order valence-electron chi connectivity index (χ3n) is 2.52. The number of carboxylic acids is 1. The molecule has 0 aliphatic rings. The van der Waals surface area contributed by atoms with Gasteiger partial charge in [-0.3, -0.25) is 4.68 Å². The first-order valence-corrected chi connectivity index (χ1v) is 6.23. The summed E-state index contributed by atoms with van der Waals surface area (Å²) in [5, 5.41) is 22.6. The molecule has 0 bridgehead atoms. The van der Waals surface area contributed by atoms with Crippen LogP contribution in [0.3, 0.4) is 0 Å². The van der Waals surface area contributed by atoms with Gasteiger partial charge in [0, 0.05) is 17.7 Å². The van der Waals surface area contributed by atoms with Crippen molar-refractivity contribution in [2.45, 2.75) is 10.6 Å². The first-order valence-electron chi connectivity index (χ1n) is 5.24. The van der Waals surface area contributed by atoms with E-state index < -0.39 is 5.97 Å². The summed E-state index contributed by atoms with van der Waals surface area (Å²) in [7, 11) is 1.70. The van der Waals surface area contributed by atoms with Crippen LogP contribution < -0.4 is 0 Å². The molecule has 2 N–H and O–H groups in total. The van der Waals surface area contributed by atoms with Crippen molar-refractivity contribution in [2.75, 3.05) is 0 Å². The number of hydrogen-bond acceptors (Lipinski definition) is 4. The van der Waals surface area contributed by atoms with Crippen LogP contribution in [0.15, 0.2) is 35.4 Å². The molecule has 0 spiro atoms. The number of rotatable bonds is 4. The molecule has 94 valence electrons. The summed E-state index contributed by atoms with van der Waals surface area (Å²) in [6.45, 7) is 0. The van der Waals surface area contributed by atoms with Gasteiger partial charge in [-0.1, -0.05) is 12.1 Å². The number of phenols is 1. The van der Waals surface area contributed by atoms with Crippen LogP contribution in [-0.4, -0.2) is 26.0 Å². The van der Waals surface area contributed by atoms with Gasteiger partial charge in [-0.2, -0.15) is 5.10 Å². The normalized spacial score (nSPS) is 10.5. The molecule has 0 amide bonds. The fourth-order valence-electron chi connectivity index (χ4n) is 1.54. The van der Waals surface area contributed by atoms with Gasteiger partial charge in [0.15, 0.2) is 0 Å². The quantitative estimate of drug-likeness (QED) is 0.827. The monoisotopic (exact) mass is 264 g/mol. The van der Waals surface area contributed by atoms with Gasteiger partial charge in [-0.25, -0.2) is 4.79 Å². The number of aryl methyl sites for hydroxylation is 1. The Morgan fingerprint density at radius 1 is 1.44 bits per heavy atom. The highest BCUT2D eigenvalue weighted by Crippen LogP contribution is 2.30. The van der Waals surface area contributed by atoms with E-state index >= 15 is 0 Å². The fraction of sp³-hybridized carbons (Fsp3) is 0.167. The summed E-state index contributed by atoms with van der Waals surface area (Å²) in [6.07, 6.45) is 1.34. The summed E-state index contributed by atoms with van der Waals surface area (Å²) in [4.78, 5) is 11.7. The second kappa shape index (κ2) is 5.14. The molecule has 1 heterocycles. The number of phenolic OH excluding ortho intramolecular Hbond substituents is 1. The molecule has 0 fully saturated rings. The minimum absolute atomic E-state index is 0.195. The molecule has 5 nitrogen and oxygen atoms in total. The van der Waals surface area contributed by atoms with Gasteiger partial charge in [0.2, 0.25) is 0 Å². The summed E-state index contributed by atoms with van der Waals surface area (Å²) >= 11 is 1.38. The number of aromatic hydroxyl groups is 1. The number of para-hydroxylation sites is 1. The van der Waals surface area contributed by atoms with E-state index in [-0.39, 0.29) is 11.3 Å². The van der Waals surface area contributed by atoms with E-state index in [4.69, 9.17) is 5.11 Å². The zero-order valence-electron chi connectivity index (χ0n) is 9.70. The van der Waals surface area contributed by atoms with Crippen molar-refractivity contribution in [3.63, 3.8) is 0 Å². The van der Waals surface area contributed by atoms with E-state index in [1.165, 1.54) is 22.6 Å². The van der Waals surface area contributed by atoms with Gasteiger partial charge in [-0.05, 0) is 12.1 Å². The summed E-state index contributed by atoms with van der Waals surface area (Å²) in [6, 6.07) is 6.95. The first kappa shape index (κ1) is 12.5. The van der Waals surface area contributed by atoms with Crippen molar-refractivity contribution < 1.29 is 15.0 Å². The van der Waals surface area contributed by atoms with Crippen LogP contribution in [0.1, 0.15) is 16.1 Å². The molecule has 0 atom stereocenters. The zero-order chi connectivity index (χ0) is 13.1. The number of thioether (sulfide) groups is 1. The molecule has 1 aromatic carbocycles. The van der Waals surface area contributed by atoms with Gasteiger partial charge >= 0.3 is 5.97 Å². The van der Waals surface area contributed by atoms with Crippen molar-refractivity contribution in [3.05, 3.63) is 41.7 Å². The number of aromatic nitrogens is 2. The van der Waals surface area contributed by atoms with E-state index in [1.807, 2.05) is 6.07 Å². The van der Waals surface area contributed by atoms with Crippen LogP contribution in [0.5, 0.6) is 5.75 Å². The summed E-state index contributed by atoms with van der Waals surface area (Å²) in [5.41, 5.74) is 0.816. The number of carboxylic acid groups (broad SMARTS) is 1. The average molecular weight is 264 g/mol. The van der Waals surface area contributed by atoms with Gasteiger partial charge in [-0.15, -0.1) is 11.8 Å². The highest BCUT2D eigenvalue weighted by Gasteiger charge is 2.15. The molecule has 6 heteroatoms. The van der Waals surface area contributed by atoms with Crippen molar-refractivity contribution in [3.8, 4) is 5.75 Å². The number of aromatic carboxylic acids is 1. The molecule has 2 aromatic rings. The molecule has 2 rings (SSSR count). The zero-order valence-corrected chi connectivity index (χ0v) is 10.5. The van der Waals surface area contributed by atoms with E-state index in [2.05, 4.69) is 5.10 Å². The third kappa shape index (κ3) is 2.48. The van der Waals surface area contributed by atoms with Crippen LogP contribution in [0.4, 0.5) is 0 Å². The summed E-state index contributed by atoms with van der Waals surface area (Å²) in [5.74, 6) is -0.354. The van der Waals surface area contributed by atoms with E-state index in [9.17, 15) is 9.90 Å². The van der Waals surface area contributed by atoms with Crippen LogP contribution in [0.2, 0.25) is 0 Å². The molecular weight excluding hydrogens is 252 g/mol. The highest BCUT2D eigenvalue weighted by atomic mass is 32.2. The average Bonchev–Trinajstić information content (AvgIpc) is 2.70. The predicted octanol–water partition coefficient (Wildman–Crippen LogP) is 2.12. The van der Waals surface area contributed by atoms with Crippen molar-refractivity contribution in [2.24, 2.45) is 7.05 Å². The van der Waals surface area contributed by atoms with E-state index in [0.717, 1.165) is 4.90 Å². The molecule has 0 aliphatic heterocycles. The maximum Gasteiger partial charge on any atom is 0.339 e. The van der Waals surface area contributed by atoms with Crippen molar-refractivity contribution in [1.82, 2.24) is 9.78 Å². The van der Waals surface area contributed by atoms with Gasteiger partial charge in [0.1, 0.15) is 11.3 Å². The molecule has 0 aliphatic carbocycles. The van der Waals surface area contributed by atoms with Crippen molar-refractivity contribution >= 4 is 17.7 Å². The van der Waals surface area contributed by atoms with Crippen LogP contribution in [0.25, 0.3) is 0 Å². The third-order valence-corrected chi connectivity index (χ3v) is 3.60. The summed E-state index contributed by atoms with van der Waals surface area (Å²) < 4.78 is 1.54. The topological polar surface area (TPSA) is 75.4 Å². The number of hydrogen-bond donors (Lipinski definition) is 2. The number of benzene rings is 1. The molecule has 18 heavy (non-hydrogen) atoms. The standard InChI is InChI=1S/C12H12N2O3S/c1-14-9(8(6-13-14)12(16)17)7-18-11-5-3-2-4-10(11)15/h2-6,15H,7H2,1H3,(H,16,17). The molecule has 0 saturated carbocycles. The Hall–Kier alpha value is -1.95. The lowest BCUT2D eigenvalue weighted by atomic mass is 10.3. The highest BCUT2D eigenvalue weighted by molar-refractivity contribution is 7.98. The number of nitrogens with zero attached hydrogens (tertiary/aromatic N) is 2. The Balaban J connectivity index is 2.18. The minimum atomic E-state index is -0.990. The van der Waals surface area contributed by atoms with Gasteiger partial charge in [0.25, 0.3) is 0 Å². The maximum atomic E-state index is 11.0. The Labute approximate surface area is 108 Å². The SMILES string of the molecule is Cn1ncc(C(=O)O)c1CSc1ccccc1O. The van der Waals surface area contributed by atoms with Gasteiger partial charge in [0.05, 0.1) is 11.9 Å². The lowest BCUT2D eigenvalue weighted by molar-refractivity contribution is 0.0696. The van der Waals surface area contributed by atoms with E-state index in [0.29, 0.717) is 11.4 Å². The Kier molecular flexibility index (Phi) is 3.57. The largest absolute Gasteiger partial charge is 0.507 e. The number of carbonyl (C=O) groups is 1. The second-order valence-corrected chi connectivity index (χ2v) is 4.71. The molecule has 0 saturated heterocycles. The lowest BCUT2D eigenvalue weighted by Crippen LogP contribution is -2.03.